The summed E-state index contributed by atoms with van der Waals surface area (Å²) in [7, 11) is -2.40. The molecular formula is C17H15ClN2O6S. The number of anilines is 2. The number of carbonyl (C=O) groups is 1. The van der Waals surface area contributed by atoms with Gasteiger partial charge in [0.1, 0.15) is 23.9 Å². The van der Waals surface area contributed by atoms with Gasteiger partial charge in [0.15, 0.2) is 18.1 Å². The fraction of sp³-hybridized carbons (Fsp3) is 0.235. The van der Waals surface area contributed by atoms with Gasteiger partial charge in [0.25, 0.3) is 15.9 Å². The Kier molecular flexibility index (Phi) is 4.27. The summed E-state index contributed by atoms with van der Waals surface area (Å²) in [6.07, 6.45) is 0. The van der Waals surface area contributed by atoms with E-state index in [-0.39, 0.29) is 28.1 Å². The van der Waals surface area contributed by atoms with E-state index in [2.05, 4.69) is 4.72 Å². The number of nitrogens with zero attached hydrogens (tertiary/aromatic N) is 1. The van der Waals surface area contributed by atoms with Crippen molar-refractivity contribution in [3.05, 3.63) is 35.4 Å². The number of carbonyl (C=O) groups excluding carboxylic acids is 1. The Bertz CT molecular complexity index is 1040. The van der Waals surface area contributed by atoms with Crippen molar-refractivity contribution < 1.29 is 27.4 Å². The zero-order chi connectivity index (χ0) is 19.2. The van der Waals surface area contributed by atoms with Crippen LogP contribution in [0.4, 0.5) is 11.4 Å². The Hall–Kier alpha value is -2.65. The summed E-state index contributed by atoms with van der Waals surface area (Å²) in [5.41, 5.74) is 0.740. The van der Waals surface area contributed by atoms with Crippen LogP contribution in [0.2, 0.25) is 5.02 Å². The van der Waals surface area contributed by atoms with E-state index in [1.807, 2.05) is 0 Å². The molecule has 0 saturated heterocycles. The topological polar surface area (TPSA) is 94.2 Å². The van der Waals surface area contributed by atoms with E-state index >= 15 is 0 Å². The summed E-state index contributed by atoms with van der Waals surface area (Å²) >= 11 is 6.14. The molecule has 0 aliphatic carbocycles. The van der Waals surface area contributed by atoms with Gasteiger partial charge in [0.05, 0.1) is 16.4 Å². The van der Waals surface area contributed by atoms with Crippen LogP contribution in [0.5, 0.6) is 17.2 Å². The van der Waals surface area contributed by atoms with Crippen LogP contribution in [-0.4, -0.2) is 41.2 Å². The molecule has 27 heavy (non-hydrogen) atoms. The van der Waals surface area contributed by atoms with Gasteiger partial charge in [-0.05, 0) is 18.2 Å². The molecule has 2 aliphatic rings. The van der Waals surface area contributed by atoms with E-state index in [1.54, 1.807) is 19.2 Å². The lowest BCUT2D eigenvalue weighted by Gasteiger charge is -2.26. The van der Waals surface area contributed by atoms with E-state index in [9.17, 15) is 13.2 Å². The van der Waals surface area contributed by atoms with Gasteiger partial charge in [0.2, 0.25) is 0 Å². The molecule has 0 bridgehead atoms. The predicted octanol–water partition coefficient (Wildman–Crippen LogP) is 2.27. The number of hydrogen-bond donors (Lipinski definition) is 1. The highest BCUT2D eigenvalue weighted by Crippen LogP contribution is 2.39. The van der Waals surface area contributed by atoms with Crippen LogP contribution in [0.3, 0.4) is 0 Å². The molecule has 1 N–H and O–H groups in total. The quantitative estimate of drug-likeness (QED) is 0.834. The minimum atomic E-state index is -4.00. The van der Waals surface area contributed by atoms with Gasteiger partial charge in [-0.2, -0.15) is 0 Å². The molecule has 2 heterocycles. The molecule has 2 aliphatic heterocycles. The van der Waals surface area contributed by atoms with Crippen molar-refractivity contribution in [3.63, 3.8) is 0 Å². The van der Waals surface area contributed by atoms with Crippen LogP contribution in [0.15, 0.2) is 35.2 Å². The Morgan fingerprint density at radius 3 is 2.48 bits per heavy atom. The van der Waals surface area contributed by atoms with Gasteiger partial charge in [-0.1, -0.05) is 11.6 Å². The molecule has 0 radical (unpaired) electrons. The molecule has 2 aromatic carbocycles. The second kappa shape index (κ2) is 6.50. The third-order valence-corrected chi connectivity index (χ3v) is 6.03. The number of ether oxygens (including phenoxy) is 3. The van der Waals surface area contributed by atoms with Crippen molar-refractivity contribution in [2.75, 3.05) is 36.5 Å². The molecule has 8 nitrogen and oxygen atoms in total. The van der Waals surface area contributed by atoms with Crippen LogP contribution in [-0.2, 0) is 14.8 Å². The van der Waals surface area contributed by atoms with Crippen LogP contribution in [0, 0.1) is 0 Å². The first-order valence-electron chi connectivity index (χ1n) is 8.00. The SMILES string of the molecule is CN1C(=O)COc2ccc(NS(=O)(=O)c3cc4c(cc3Cl)OCCO4)cc21. The van der Waals surface area contributed by atoms with Gasteiger partial charge < -0.3 is 19.1 Å². The lowest BCUT2D eigenvalue weighted by Crippen LogP contribution is -2.35. The van der Waals surface area contributed by atoms with E-state index in [0.717, 1.165) is 0 Å². The molecule has 0 atom stereocenters. The number of fused-ring (bicyclic) bond motifs is 2. The van der Waals surface area contributed by atoms with Gasteiger partial charge >= 0.3 is 0 Å². The van der Waals surface area contributed by atoms with Crippen LogP contribution < -0.4 is 23.8 Å². The van der Waals surface area contributed by atoms with Crippen molar-refractivity contribution in [2.45, 2.75) is 4.90 Å². The first-order chi connectivity index (χ1) is 12.8. The highest BCUT2D eigenvalue weighted by atomic mass is 35.5. The molecule has 1 amide bonds. The molecule has 0 aromatic heterocycles. The molecule has 0 unspecified atom stereocenters. The van der Waals surface area contributed by atoms with Gasteiger partial charge in [0, 0.05) is 19.2 Å². The zero-order valence-electron chi connectivity index (χ0n) is 14.2. The molecule has 0 saturated carbocycles. The molecule has 10 heteroatoms. The monoisotopic (exact) mass is 410 g/mol. The highest BCUT2D eigenvalue weighted by molar-refractivity contribution is 7.92. The average molecular weight is 411 g/mol. The Balaban J connectivity index is 1.67. The predicted molar refractivity (Wildman–Crippen MR) is 98.6 cm³/mol. The Morgan fingerprint density at radius 2 is 1.74 bits per heavy atom. The van der Waals surface area contributed by atoms with Crippen molar-refractivity contribution in [1.29, 1.82) is 0 Å². The summed E-state index contributed by atoms with van der Waals surface area (Å²) in [5, 5.41) is 0.0142. The third kappa shape index (κ3) is 3.24. The smallest absolute Gasteiger partial charge is 0.264 e. The maximum Gasteiger partial charge on any atom is 0.264 e. The zero-order valence-corrected chi connectivity index (χ0v) is 15.8. The molecule has 4 rings (SSSR count). The Morgan fingerprint density at radius 1 is 1.04 bits per heavy atom. The number of likely N-dealkylation sites (N-methyl/N-ethyl adjacent to an activating group) is 1. The summed E-state index contributed by atoms with van der Waals surface area (Å²) in [6.45, 7) is 0.644. The normalized spacial score (nSPS) is 15.8. The number of sulfonamides is 1. The number of amides is 1. The number of rotatable bonds is 3. The molecular weight excluding hydrogens is 396 g/mol. The molecule has 2 aromatic rings. The standard InChI is InChI=1S/C17H15ClN2O6S/c1-20-12-6-10(2-3-13(12)26-9-17(20)21)19-27(22,23)16-8-15-14(7-11(16)18)24-4-5-25-15/h2-3,6-8,19H,4-5,9H2,1H3. The minimum Gasteiger partial charge on any atom is -0.486 e. The largest absolute Gasteiger partial charge is 0.486 e. The second-order valence-corrected chi connectivity index (χ2v) is 8.01. The lowest BCUT2D eigenvalue weighted by molar-refractivity contribution is -0.120. The number of hydrogen-bond acceptors (Lipinski definition) is 6. The fourth-order valence-corrected chi connectivity index (χ4v) is 4.38. The molecule has 0 spiro atoms. The lowest BCUT2D eigenvalue weighted by atomic mass is 10.2. The van der Waals surface area contributed by atoms with E-state index in [1.165, 1.54) is 23.1 Å². The van der Waals surface area contributed by atoms with Crippen LogP contribution in [0.25, 0.3) is 0 Å². The average Bonchev–Trinajstić information content (AvgIpc) is 2.64. The number of benzene rings is 2. The maximum absolute atomic E-state index is 12.8. The Labute approximate surface area is 160 Å². The van der Waals surface area contributed by atoms with Crippen molar-refractivity contribution in [3.8, 4) is 17.2 Å². The van der Waals surface area contributed by atoms with Crippen molar-refractivity contribution >= 4 is 38.9 Å². The molecule has 0 fully saturated rings. The van der Waals surface area contributed by atoms with E-state index in [4.69, 9.17) is 25.8 Å². The van der Waals surface area contributed by atoms with Crippen LogP contribution >= 0.6 is 11.6 Å². The van der Waals surface area contributed by atoms with Gasteiger partial charge in [-0.15, -0.1) is 0 Å². The summed E-state index contributed by atoms with van der Waals surface area (Å²) in [6, 6.07) is 7.41. The van der Waals surface area contributed by atoms with Crippen LogP contribution in [0.1, 0.15) is 0 Å². The van der Waals surface area contributed by atoms with E-state index in [0.29, 0.717) is 36.1 Å². The van der Waals surface area contributed by atoms with Crippen molar-refractivity contribution in [2.24, 2.45) is 0 Å². The highest BCUT2D eigenvalue weighted by Gasteiger charge is 2.26. The maximum atomic E-state index is 12.8. The minimum absolute atomic E-state index is 0.0142. The fourth-order valence-electron chi connectivity index (χ4n) is 2.80. The second-order valence-electron chi connectivity index (χ2n) is 5.96. The first-order valence-corrected chi connectivity index (χ1v) is 9.86. The van der Waals surface area contributed by atoms with E-state index < -0.39 is 10.0 Å². The molecule has 142 valence electrons. The number of nitrogens with one attached hydrogen (secondary N) is 1. The third-order valence-electron chi connectivity index (χ3n) is 4.18. The summed E-state index contributed by atoms with van der Waals surface area (Å²) in [5.74, 6) is 0.987. The summed E-state index contributed by atoms with van der Waals surface area (Å²) < 4.78 is 44.3. The number of halogens is 1. The summed E-state index contributed by atoms with van der Waals surface area (Å²) in [4.78, 5) is 13.1. The van der Waals surface area contributed by atoms with Gasteiger partial charge in [-0.25, -0.2) is 8.42 Å². The first kappa shape index (κ1) is 17.7. The van der Waals surface area contributed by atoms with Crippen molar-refractivity contribution in [1.82, 2.24) is 0 Å². The van der Waals surface area contributed by atoms with Gasteiger partial charge in [-0.3, -0.25) is 9.52 Å².